The lowest BCUT2D eigenvalue weighted by atomic mass is 9.96. The lowest BCUT2D eigenvalue weighted by molar-refractivity contribution is 0.477. The van der Waals surface area contributed by atoms with Crippen LogP contribution in [0.5, 0.6) is 0 Å². The molecule has 0 aromatic rings. The van der Waals surface area contributed by atoms with E-state index in [-0.39, 0.29) is 0 Å². The van der Waals surface area contributed by atoms with Crippen molar-refractivity contribution in [2.24, 2.45) is 5.92 Å². The van der Waals surface area contributed by atoms with Crippen LogP contribution < -0.4 is 0 Å². The molecule has 100 valence electrons. The van der Waals surface area contributed by atoms with Crippen molar-refractivity contribution >= 4 is 47.0 Å². The van der Waals surface area contributed by atoms with Crippen LogP contribution in [0.1, 0.15) is 25.7 Å². The number of hydrogen-bond donors (Lipinski definition) is 0. The van der Waals surface area contributed by atoms with E-state index in [1.807, 2.05) is 0 Å². The van der Waals surface area contributed by atoms with E-state index in [2.05, 4.69) is 59.6 Å². The maximum Gasteiger partial charge on any atom is 0.00941 e. The zero-order valence-corrected chi connectivity index (χ0v) is 14.2. The van der Waals surface area contributed by atoms with Crippen LogP contribution in [-0.4, -0.2) is 45.5 Å². The van der Waals surface area contributed by atoms with Crippen LogP contribution in [0.2, 0.25) is 0 Å². The van der Waals surface area contributed by atoms with Gasteiger partial charge in [0.25, 0.3) is 0 Å². The summed E-state index contributed by atoms with van der Waals surface area (Å²) in [6.45, 7) is 0. The molecule has 4 heteroatoms. The molecular formula is C13H24S4. The monoisotopic (exact) mass is 308 g/mol. The molecule has 0 saturated carbocycles. The SMILES string of the molecule is CSC1CCSCC(C2CC(SC)CCS2)C1. The van der Waals surface area contributed by atoms with E-state index in [1.165, 1.54) is 42.9 Å². The fraction of sp³-hybridized carbons (Fsp3) is 1.00. The molecule has 4 atom stereocenters. The first kappa shape index (κ1) is 14.8. The molecule has 0 aliphatic carbocycles. The average molecular weight is 309 g/mol. The third-order valence-electron chi connectivity index (χ3n) is 3.94. The molecule has 2 rings (SSSR count). The second-order valence-corrected chi connectivity index (χ2v) is 9.78. The second-order valence-electron chi connectivity index (χ2n) is 5.01. The van der Waals surface area contributed by atoms with E-state index < -0.39 is 0 Å². The summed E-state index contributed by atoms with van der Waals surface area (Å²) in [4.78, 5) is 0. The molecule has 0 nitrogen and oxygen atoms in total. The molecule has 2 fully saturated rings. The summed E-state index contributed by atoms with van der Waals surface area (Å²) in [7, 11) is 0. The first-order valence-corrected chi connectivity index (χ1v) is 11.4. The van der Waals surface area contributed by atoms with Crippen LogP contribution in [0, 0.1) is 5.92 Å². The van der Waals surface area contributed by atoms with Gasteiger partial charge in [0.1, 0.15) is 0 Å². The zero-order valence-electron chi connectivity index (χ0n) is 10.9. The highest BCUT2D eigenvalue weighted by molar-refractivity contribution is 8.01. The van der Waals surface area contributed by atoms with Crippen molar-refractivity contribution in [3.8, 4) is 0 Å². The van der Waals surface area contributed by atoms with Gasteiger partial charge < -0.3 is 0 Å². The van der Waals surface area contributed by atoms with Gasteiger partial charge in [-0.3, -0.25) is 0 Å². The van der Waals surface area contributed by atoms with Gasteiger partial charge in [-0.2, -0.15) is 47.0 Å². The largest absolute Gasteiger partial charge is 0.162 e. The first-order chi connectivity index (χ1) is 8.33. The Kier molecular flexibility index (Phi) is 6.84. The molecule has 0 N–H and O–H groups in total. The molecule has 0 bridgehead atoms. The molecule has 2 aliphatic heterocycles. The summed E-state index contributed by atoms with van der Waals surface area (Å²) in [5.41, 5.74) is 0. The van der Waals surface area contributed by atoms with E-state index in [0.29, 0.717) is 0 Å². The second kappa shape index (κ2) is 7.86. The van der Waals surface area contributed by atoms with E-state index in [9.17, 15) is 0 Å². The lowest BCUT2D eigenvalue weighted by Crippen LogP contribution is -2.29. The Balaban J connectivity index is 1.90. The van der Waals surface area contributed by atoms with E-state index >= 15 is 0 Å². The zero-order chi connectivity index (χ0) is 12.1. The molecule has 2 aliphatic rings. The predicted octanol–water partition coefficient (Wildman–Crippen LogP) is 4.49. The van der Waals surface area contributed by atoms with Gasteiger partial charge >= 0.3 is 0 Å². The molecule has 4 unspecified atom stereocenters. The minimum absolute atomic E-state index is 0.935. The standard InChI is InChI=1S/C13H24S4/c1-14-11-3-5-16-9-10(7-11)13-8-12(15-2)4-6-17-13/h10-13H,3-9H2,1-2H3. The van der Waals surface area contributed by atoms with Gasteiger partial charge in [0.05, 0.1) is 0 Å². The summed E-state index contributed by atoms with van der Waals surface area (Å²) in [6, 6.07) is 0. The van der Waals surface area contributed by atoms with E-state index in [4.69, 9.17) is 0 Å². The Morgan fingerprint density at radius 3 is 2.41 bits per heavy atom. The normalized spacial score (nSPS) is 39.9. The topological polar surface area (TPSA) is 0 Å². The van der Waals surface area contributed by atoms with Gasteiger partial charge in [-0.15, -0.1) is 0 Å². The number of hydrogen-bond acceptors (Lipinski definition) is 4. The summed E-state index contributed by atoms with van der Waals surface area (Å²) >= 11 is 8.69. The Bertz CT molecular complexity index is 221. The van der Waals surface area contributed by atoms with Crippen LogP contribution in [0.15, 0.2) is 0 Å². The van der Waals surface area contributed by atoms with Crippen molar-refractivity contribution < 1.29 is 0 Å². The van der Waals surface area contributed by atoms with Crippen molar-refractivity contribution in [3.63, 3.8) is 0 Å². The van der Waals surface area contributed by atoms with Crippen molar-refractivity contribution in [2.75, 3.05) is 29.8 Å². The third kappa shape index (κ3) is 4.47. The van der Waals surface area contributed by atoms with Crippen molar-refractivity contribution in [1.29, 1.82) is 0 Å². The van der Waals surface area contributed by atoms with Crippen molar-refractivity contribution in [2.45, 2.75) is 41.4 Å². The van der Waals surface area contributed by atoms with Crippen LogP contribution in [0.3, 0.4) is 0 Å². The molecule has 2 saturated heterocycles. The van der Waals surface area contributed by atoms with Gasteiger partial charge in [0.15, 0.2) is 0 Å². The molecule has 0 spiro atoms. The van der Waals surface area contributed by atoms with Gasteiger partial charge in [0.2, 0.25) is 0 Å². The number of thioether (sulfide) groups is 4. The van der Waals surface area contributed by atoms with Crippen molar-refractivity contribution in [3.05, 3.63) is 0 Å². The summed E-state index contributed by atoms with van der Waals surface area (Å²) in [5, 5.41) is 2.84. The Morgan fingerprint density at radius 1 is 0.941 bits per heavy atom. The molecule has 0 aromatic carbocycles. The van der Waals surface area contributed by atoms with Crippen LogP contribution >= 0.6 is 47.0 Å². The molecule has 0 amide bonds. The maximum absolute atomic E-state index is 2.30. The lowest BCUT2D eigenvalue weighted by Gasteiger charge is -2.33. The van der Waals surface area contributed by atoms with Gasteiger partial charge in [-0.05, 0) is 61.4 Å². The Labute approximate surface area is 124 Å². The average Bonchev–Trinajstić information content (AvgIpc) is 2.64. The Morgan fingerprint density at radius 2 is 1.65 bits per heavy atom. The van der Waals surface area contributed by atoms with Gasteiger partial charge in [-0.1, -0.05) is 0 Å². The smallest absolute Gasteiger partial charge is 0.00941 e. The fourth-order valence-corrected chi connectivity index (χ4v) is 7.73. The predicted molar refractivity (Wildman–Crippen MR) is 90.1 cm³/mol. The van der Waals surface area contributed by atoms with Gasteiger partial charge in [0, 0.05) is 15.7 Å². The Hall–Kier alpha value is 1.40. The molecular weight excluding hydrogens is 284 g/mol. The minimum atomic E-state index is 0.935. The summed E-state index contributed by atoms with van der Waals surface area (Å²) in [5.74, 6) is 5.21. The molecule has 0 radical (unpaired) electrons. The highest BCUT2D eigenvalue weighted by Crippen LogP contribution is 2.41. The fourth-order valence-electron chi connectivity index (χ4n) is 2.78. The van der Waals surface area contributed by atoms with E-state index in [1.54, 1.807) is 0 Å². The van der Waals surface area contributed by atoms with E-state index in [0.717, 1.165) is 21.7 Å². The summed E-state index contributed by atoms with van der Waals surface area (Å²) in [6.07, 6.45) is 10.4. The minimum Gasteiger partial charge on any atom is -0.162 e. The summed E-state index contributed by atoms with van der Waals surface area (Å²) < 4.78 is 0. The highest BCUT2D eigenvalue weighted by Gasteiger charge is 2.31. The molecule has 0 aromatic heterocycles. The third-order valence-corrected chi connectivity index (χ3v) is 8.80. The van der Waals surface area contributed by atoms with Crippen LogP contribution in [0.25, 0.3) is 0 Å². The van der Waals surface area contributed by atoms with Crippen LogP contribution in [-0.2, 0) is 0 Å². The molecule has 17 heavy (non-hydrogen) atoms. The van der Waals surface area contributed by atoms with Crippen LogP contribution in [0.4, 0.5) is 0 Å². The quantitative estimate of drug-likeness (QED) is 0.753. The van der Waals surface area contributed by atoms with Gasteiger partial charge in [-0.25, -0.2) is 0 Å². The number of rotatable bonds is 3. The molecule has 2 heterocycles. The maximum atomic E-state index is 2.30. The highest BCUT2D eigenvalue weighted by atomic mass is 32.2. The first-order valence-electron chi connectivity index (χ1n) is 6.58. The van der Waals surface area contributed by atoms with Crippen molar-refractivity contribution in [1.82, 2.24) is 0 Å².